The number of azo groups is 1. The SMILES string of the molecule is O=S(=O)(O)c1cc(S(=O)(=O)O)c2cc(N=Nc3c(S(=O)(=O)O)cc4c5cc-5cc4c3O)c(S(=O)(=O)O)cc2c1. The minimum atomic E-state index is -5.21. The van der Waals surface area contributed by atoms with Gasteiger partial charge in [0.25, 0.3) is 40.5 Å². The van der Waals surface area contributed by atoms with Gasteiger partial charge in [-0.25, -0.2) is 0 Å². The molecule has 0 saturated carbocycles. The van der Waals surface area contributed by atoms with Gasteiger partial charge in [-0.15, -0.1) is 10.2 Å². The molecule has 5 rings (SSSR count). The highest BCUT2D eigenvalue weighted by Crippen LogP contribution is 2.51. The van der Waals surface area contributed by atoms with E-state index in [1.165, 1.54) is 6.07 Å². The van der Waals surface area contributed by atoms with Crippen LogP contribution in [0.15, 0.2) is 72.3 Å². The zero-order valence-electron chi connectivity index (χ0n) is 18.6. The van der Waals surface area contributed by atoms with Gasteiger partial charge in [-0.05, 0) is 64.4 Å². The van der Waals surface area contributed by atoms with E-state index < -0.39 is 88.0 Å². The van der Waals surface area contributed by atoms with Crippen LogP contribution < -0.4 is 0 Å². The molecule has 19 heteroatoms. The van der Waals surface area contributed by atoms with Crippen molar-refractivity contribution in [2.45, 2.75) is 19.6 Å². The fourth-order valence-electron chi connectivity index (χ4n) is 4.01. The molecular formula is C20H12N2O13S4. The molecule has 0 saturated heterocycles. The van der Waals surface area contributed by atoms with Gasteiger partial charge in [0.05, 0.1) is 4.90 Å². The van der Waals surface area contributed by atoms with Gasteiger partial charge in [-0.1, -0.05) is 0 Å². The first-order valence-corrected chi connectivity index (χ1v) is 15.8. The third kappa shape index (κ3) is 4.74. The van der Waals surface area contributed by atoms with Crippen LogP contribution in [0.5, 0.6) is 5.75 Å². The summed E-state index contributed by atoms with van der Waals surface area (Å²) < 4.78 is 134. The zero-order chi connectivity index (χ0) is 28.9. The van der Waals surface area contributed by atoms with Crippen LogP contribution in [-0.4, -0.2) is 57.0 Å². The molecule has 0 radical (unpaired) electrons. The number of phenols is 1. The summed E-state index contributed by atoms with van der Waals surface area (Å²) in [7, 11) is -20.5. The topological polar surface area (TPSA) is 262 Å². The summed E-state index contributed by atoms with van der Waals surface area (Å²) in [6.07, 6.45) is 0. The molecule has 2 aliphatic carbocycles. The Morgan fingerprint density at radius 1 is 0.538 bits per heavy atom. The van der Waals surface area contributed by atoms with Gasteiger partial charge in [-0.2, -0.15) is 33.7 Å². The fraction of sp³-hybridized carbons (Fsp3) is 0. The standard InChI is InChI=1S/C20H12N2O13S4/c23-20-14-3-9-2-11(9)13(14)7-18(39(33,34)35)19(20)22-21-15-6-12-8(4-17(15)38(30,31)32)1-10(36(24,25)26)5-16(12)37(27,28)29/h1-7,23H,(H,24,25,26)(H,27,28,29)(H,30,31,32)(H,33,34,35). The van der Waals surface area contributed by atoms with Gasteiger partial charge in [0.1, 0.15) is 26.1 Å². The summed E-state index contributed by atoms with van der Waals surface area (Å²) in [5.74, 6) is -0.755. The number of phenolic OH excluding ortho intramolecular Hbond substituents is 1. The Bertz CT molecular complexity index is 2280. The highest BCUT2D eigenvalue weighted by atomic mass is 32.2. The summed E-state index contributed by atoms with van der Waals surface area (Å²) >= 11 is 0. The van der Waals surface area contributed by atoms with Crippen LogP contribution >= 0.6 is 0 Å². The second kappa shape index (κ2) is 8.22. The van der Waals surface area contributed by atoms with Crippen molar-refractivity contribution in [2.24, 2.45) is 10.2 Å². The number of nitrogens with zero attached hydrogens (tertiary/aromatic N) is 2. The van der Waals surface area contributed by atoms with Crippen molar-refractivity contribution in [3.8, 4) is 16.9 Å². The molecule has 0 fully saturated rings. The molecule has 0 amide bonds. The van der Waals surface area contributed by atoms with Crippen molar-refractivity contribution in [1.82, 2.24) is 0 Å². The maximum Gasteiger partial charge on any atom is 0.296 e. The number of rotatable bonds is 6. The largest absolute Gasteiger partial charge is 0.505 e. The van der Waals surface area contributed by atoms with Crippen molar-refractivity contribution in [1.29, 1.82) is 0 Å². The Morgan fingerprint density at radius 2 is 1.15 bits per heavy atom. The van der Waals surface area contributed by atoms with Gasteiger partial charge < -0.3 is 5.11 Å². The zero-order valence-corrected chi connectivity index (χ0v) is 21.8. The Morgan fingerprint density at radius 3 is 1.72 bits per heavy atom. The molecule has 5 N–H and O–H groups in total. The minimum absolute atomic E-state index is 0.128. The lowest BCUT2D eigenvalue weighted by Crippen LogP contribution is -2.05. The summed E-state index contributed by atoms with van der Waals surface area (Å²) in [5.41, 5.74) is -0.382. The average Bonchev–Trinajstić information content (AvgIpc) is 3.46. The summed E-state index contributed by atoms with van der Waals surface area (Å²) in [4.78, 5) is -4.14. The van der Waals surface area contributed by atoms with Gasteiger partial charge in [-0.3, -0.25) is 18.2 Å². The average molecular weight is 617 g/mol. The van der Waals surface area contributed by atoms with Gasteiger partial charge >= 0.3 is 0 Å². The predicted molar refractivity (Wildman–Crippen MR) is 132 cm³/mol. The van der Waals surface area contributed by atoms with Crippen LogP contribution in [0.2, 0.25) is 0 Å². The van der Waals surface area contributed by atoms with Crippen LogP contribution in [0, 0.1) is 0 Å². The second-order valence-corrected chi connectivity index (χ2v) is 13.8. The summed E-state index contributed by atoms with van der Waals surface area (Å²) in [6, 6.07) is 6.38. The summed E-state index contributed by atoms with van der Waals surface area (Å²) in [6.45, 7) is 0. The maximum atomic E-state index is 12.1. The maximum absolute atomic E-state index is 12.1. The van der Waals surface area contributed by atoms with E-state index in [0.29, 0.717) is 35.4 Å². The first kappa shape index (κ1) is 27.0. The van der Waals surface area contributed by atoms with E-state index in [1.54, 1.807) is 6.07 Å². The van der Waals surface area contributed by atoms with Crippen molar-refractivity contribution in [3.63, 3.8) is 0 Å². The lowest BCUT2D eigenvalue weighted by Gasteiger charge is -2.11. The van der Waals surface area contributed by atoms with Crippen LogP contribution in [-0.2, 0) is 40.5 Å². The third-order valence-electron chi connectivity index (χ3n) is 5.75. The van der Waals surface area contributed by atoms with E-state index in [0.717, 1.165) is 6.07 Å². The molecule has 0 atom stereocenters. The number of benzene rings is 4. The number of aromatic hydroxyl groups is 1. The number of hydrogen-bond donors (Lipinski definition) is 5. The Kier molecular flexibility index (Phi) is 5.70. The predicted octanol–water partition coefficient (Wildman–Crippen LogP) is 3.08. The van der Waals surface area contributed by atoms with Gasteiger partial charge in [0, 0.05) is 10.8 Å². The third-order valence-corrected chi connectivity index (χ3v) is 9.23. The monoisotopic (exact) mass is 616 g/mol. The molecule has 39 heavy (non-hydrogen) atoms. The lowest BCUT2D eigenvalue weighted by molar-refractivity contribution is 0.472. The molecule has 0 heterocycles. The molecule has 0 aromatic heterocycles. The summed E-state index contributed by atoms with van der Waals surface area (Å²) in [5, 5.41) is 17.1. The van der Waals surface area contributed by atoms with Crippen LogP contribution in [0.4, 0.5) is 11.4 Å². The van der Waals surface area contributed by atoms with Crippen molar-refractivity contribution in [2.75, 3.05) is 0 Å². The molecule has 15 nitrogen and oxygen atoms in total. The second-order valence-electron chi connectivity index (χ2n) is 8.25. The first-order chi connectivity index (χ1) is 17.8. The van der Waals surface area contributed by atoms with Crippen LogP contribution in [0.3, 0.4) is 0 Å². The Hall–Kier alpha value is -3.56. The smallest absolute Gasteiger partial charge is 0.296 e. The molecule has 2 aliphatic rings. The highest BCUT2D eigenvalue weighted by Gasteiger charge is 2.28. The van der Waals surface area contributed by atoms with E-state index in [-0.39, 0.29) is 10.8 Å². The Labute approximate surface area is 219 Å². The molecule has 0 bridgehead atoms. The molecule has 3 aromatic rings. The van der Waals surface area contributed by atoms with Gasteiger partial charge in [0.15, 0.2) is 5.75 Å². The van der Waals surface area contributed by atoms with Crippen LogP contribution in [0.25, 0.3) is 32.7 Å². The van der Waals surface area contributed by atoms with E-state index >= 15 is 0 Å². The van der Waals surface area contributed by atoms with E-state index in [9.17, 15) is 57.0 Å². The first-order valence-electron chi connectivity index (χ1n) is 10.0. The fourth-order valence-corrected chi connectivity index (χ4v) is 6.65. The van der Waals surface area contributed by atoms with E-state index in [2.05, 4.69) is 10.2 Å². The molecule has 3 aromatic carbocycles. The number of fused-ring (bicyclic) bond motifs is 4. The Balaban J connectivity index is 1.83. The van der Waals surface area contributed by atoms with Crippen LogP contribution in [0.1, 0.15) is 0 Å². The molecule has 0 aliphatic heterocycles. The quantitative estimate of drug-likeness (QED) is 0.136. The van der Waals surface area contributed by atoms with Crippen molar-refractivity contribution >= 4 is 73.4 Å². The molecule has 204 valence electrons. The van der Waals surface area contributed by atoms with E-state index in [4.69, 9.17) is 0 Å². The molecule has 0 unspecified atom stereocenters. The van der Waals surface area contributed by atoms with Crippen molar-refractivity contribution in [3.05, 3.63) is 42.5 Å². The normalized spacial score (nSPS) is 13.9. The number of hydrogen-bond acceptors (Lipinski definition) is 11. The van der Waals surface area contributed by atoms with Crippen molar-refractivity contribution < 1.29 is 57.0 Å². The van der Waals surface area contributed by atoms with Gasteiger partial charge in [0.2, 0.25) is 0 Å². The molecular weight excluding hydrogens is 604 g/mol. The molecule has 0 spiro atoms. The minimum Gasteiger partial charge on any atom is -0.505 e. The van der Waals surface area contributed by atoms with E-state index in [1.807, 2.05) is 0 Å². The lowest BCUT2D eigenvalue weighted by atomic mass is 10.1. The highest BCUT2D eigenvalue weighted by molar-refractivity contribution is 7.87.